The minimum atomic E-state index is -0.240. The van der Waals surface area contributed by atoms with Crippen LogP contribution in [0.4, 0.5) is 10.5 Å². The van der Waals surface area contributed by atoms with Crippen LogP contribution in [0.5, 0.6) is 0 Å². The Balaban J connectivity index is 1.84. The Bertz CT molecular complexity index is 773. The summed E-state index contributed by atoms with van der Waals surface area (Å²) in [6.45, 7) is 4.59. The van der Waals surface area contributed by atoms with Gasteiger partial charge in [0.1, 0.15) is 5.69 Å². The number of carbonyl (C=O) groups excluding carboxylic acids is 1. The van der Waals surface area contributed by atoms with Gasteiger partial charge < -0.3 is 14.8 Å². The van der Waals surface area contributed by atoms with E-state index in [-0.39, 0.29) is 17.6 Å². The highest BCUT2D eigenvalue weighted by atomic mass is 16.2. The number of aryl methyl sites for hydroxylation is 3. The molecule has 2 amide bonds. The number of aromatic amines is 1. The van der Waals surface area contributed by atoms with Gasteiger partial charge in [-0.15, -0.1) is 0 Å². The predicted octanol–water partition coefficient (Wildman–Crippen LogP) is 2.09. The summed E-state index contributed by atoms with van der Waals surface area (Å²) in [7, 11) is 1.66. The van der Waals surface area contributed by atoms with Crippen LogP contribution in [-0.4, -0.2) is 32.2 Å². The molecule has 1 saturated heterocycles. The second-order valence-electron chi connectivity index (χ2n) is 5.97. The van der Waals surface area contributed by atoms with Crippen LogP contribution in [0.15, 0.2) is 23.1 Å². The molecule has 0 radical (unpaired) electrons. The van der Waals surface area contributed by atoms with E-state index in [0.717, 1.165) is 29.8 Å². The van der Waals surface area contributed by atoms with Gasteiger partial charge in [-0.1, -0.05) is 0 Å². The summed E-state index contributed by atoms with van der Waals surface area (Å²) in [5, 5.41) is 9.95. The normalized spacial score (nSPS) is 17.5. The van der Waals surface area contributed by atoms with Crippen molar-refractivity contribution in [2.45, 2.75) is 32.7 Å². The molecular formula is C16H21N5O2. The third kappa shape index (κ3) is 2.74. The van der Waals surface area contributed by atoms with Crippen LogP contribution in [-0.2, 0) is 7.05 Å². The number of amides is 2. The molecule has 2 aromatic heterocycles. The number of urea groups is 1. The van der Waals surface area contributed by atoms with Crippen molar-refractivity contribution in [1.82, 2.24) is 19.7 Å². The van der Waals surface area contributed by atoms with E-state index in [9.17, 15) is 9.59 Å². The number of hydrogen-bond donors (Lipinski definition) is 2. The second-order valence-corrected chi connectivity index (χ2v) is 5.97. The molecule has 1 aliphatic rings. The van der Waals surface area contributed by atoms with Crippen molar-refractivity contribution >= 4 is 11.7 Å². The first-order chi connectivity index (χ1) is 11.0. The van der Waals surface area contributed by atoms with Gasteiger partial charge in [-0.3, -0.25) is 9.89 Å². The van der Waals surface area contributed by atoms with E-state index in [0.29, 0.717) is 12.2 Å². The lowest BCUT2D eigenvalue weighted by atomic mass is 10.0. The van der Waals surface area contributed by atoms with E-state index >= 15 is 0 Å². The van der Waals surface area contributed by atoms with Crippen molar-refractivity contribution in [3.8, 4) is 0 Å². The smallest absolute Gasteiger partial charge is 0.317 e. The SMILES string of the molecule is Cc1n[nH]c(C)c1C1CCCN1C(=O)Nc1cccn(C)c1=O. The molecule has 2 N–H and O–H groups in total. The Morgan fingerprint density at radius 3 is 2.91 bits per heavy atom. The van der Waals surface area contributed by atoms with Crippen molar-refractivity contribution in [3.05, 3.63) is 45.6 Å². The molecule has 23 heavy (non-hydrogen) atoms. The standard InChI is InChI=1S/C16H21N5O2/c1-10-14(11(2)19-18-10)13-7-5-9-21(13)16(23)17-12-6-4-8-20(3)15(12)22/h4,6,8,13H,5,7,9H2,1-3H3,(H,17,23)(H,18,19). The molecule has 0 spiro atoms. The maximum Gasteiger partial charge on any atom is 0.322 e. The highest BCUT2D eigenvalue weighted by Crippen LogP contribution is 2.35. The number of rotatable bonds is 2. The summed E-state index contributed by atoms with van der Waals surface area (Å²) in [6.07, 6.45) is 3.51. The van der Waals surface area contributed by atoms with E-state index in [2.05, 4.69) is 15.5 Å². The Hall–Kier alpha value is -2.57. The van der Waals surface area contributed by atoms with Crippen LogP contribution in [0.2, 0.25) is 0 Å². The minimum Gasteiger partial charge on any atom is -0.317 e. The van der Waals surface area contributed by atoms with Gasteiger partial charge in [-0.2, -0.15) is 5.10 Å². The van der Waals surface area contributed by atoms with Gasteiger partial charge in [0.25, 0.3) is 5.56 Å². The van der Waals surface area contributed by atoms with Gasteiger partial charge in [0, 0.05) is 31.0 Å². The van der Waals surface area contributed by atoms with Crippen molar-refractivity contribution in [1.29, 1.82) is 0 Å². The van der Waals surface area contributed by atoms with Crippen molar-refractivity contribution in [3.63, 3.8) is 0 Å². The molecule has 2 aromatic rings. The maximum atomic E-state index is 12.6. The Morgan fingerprint density at radius 2 is 2.22 bits per heavy atom. The van der Waals surface area contributed by atoms with Gasteiger partial charge in [-0.25, -0.2) is 4.79 Å². The molecule has 1 aliphatic heterocycles. The summed E-state index contributed by atoms with van der Waals surface area (Å²) in [5.74, 6) is 0. The number of nitrogens with one attached hydrogen (secondary N) is 2. The molecule has 7 heteroatoms. The van der Waals surface area contributed by atoms with E-state index in [1.165, 1.54) is 4.57 Å². The quantitative estimate of drug-likeness (QED) is 0.890. The third-order valence-electron chi connectivity index (χ3n) is 4.40. The number of pyridine rings is 1. The summed E-state index contributed by atoms with van der Waals surface area (Å²) in [5.41, 5.74) is 3.07. The van der Waals surface area contributed by atoms with Crippen molar-refractivity contribution < 1.29 is 4.79 Å². The zero-order valence-corrected chi connectivity index (χ0v) is 13.6. The number of aromatic nitrogens is 3. The Labute approximate surface area is 134 Å². The van der Waals surface area contributed by atoms with Gasteiger partial charge in [0.05, 0.1) is 11.7 Å². The Kier molecular flexibility index (Phi) is 3.94. The molecule has 1 unspecified atom stereocenters. The molecule has 7 nitrogen and oxygen atoms in total. The van der Waals surface area contributed by atoms with E-state index in [1.54, 1.807) is 30.3 Å². The van der Waals surface area contributed by atoms with Gasteiger partial charge in [-0.05, 0) is 38.8 Å². The molecule has 0 aliphatic carbocycles. The van der Waals surface area contributed by atoms with E-state index in [1.807, 2.05) is 13.8 Å². The average Bonchev–Trinajstić information content (AvgIpc) is 3.10. The summed E-state index contributed by atoms with van der Waals surface area (Å²) in [4.78, 5) is 26.5. The molecule has 0 saturated carbocycles. The number of hydrogen-bond acceptors (Lipinski definition) is 3. The number of carbonyl (C=O) groups is 1. The second kappa shape index (κ2) is 5.91. The molecule has 1 fully saturated rings. The molecule has 1 atom stereocenters. The van der Waals surface area contributed by atoms with Crippen LogP contribution in [0.3, 0.4) is 0 Å². The zero-order chi connectivity index (χ0) is 16.6. The van der Waals surface area contributed by atoms with Crippen molar-refractivity contribution in [2.24, 2.45) is 7.05 Å². The molecule has 3 rings (SSSR count). The lowest BCUT2D eigenvalue weighted by Crippen LogP contribution is -2.36. The highest BCUT2D eigenvalue weighted by molar-refractivity contribution is 5.89. The third-order valence-corrected chi connectivity index (χ3v) is 4.40. The lowest BCUT2D eigenvalue weighted by molar-refractivity contribution is 0.207. The zero-order valence-electron chi connectivity index (χ0n) is 13.6. The predicted molar refractivity (Wildman–Crippen MR) is 87.4 cm³/mol. The minimum absolute atomic E-state index is 0.00122. The average molecular weight is 315 g/mol. The van der Waals surface area contributed by atoms with E-state index in [4.69, 9.17) is 0 Å². The molecule has 0 aromatic carbocycles. The van der Waals surface area contributed by atoms with Crippen LogP contribution in [0.25, 0.3) is 0 Å². The maximum absolute atomic E-state index is 12.6. The number of nitrogens with zero attached hydrogens (tertiary/aromatic N) is 3. The summed E-state index contributed by atoms with van der Waals surface area (Å²) in [6, 6.07) is 3.12. The summed E-state index contributed by atoms with van der Waals surface area (Å²) < 4.78 is 1.45. The first kappa shape index (κ1) is 15.3. The van der Waals surface area contributed by atoms with Gasteiger partial charge >= 0.3 is 6.03 Å². The van der Waals surface area contributed by atoms with E-state index < -0.39 is 0 Å². The fourth-order valence-corrected chi connectivity index (χ4v) is 3.24. The van der Waals surface area contributed by atoms with Crippen LogP contribution in [0.1, 0.15) is 35.8 Å². The fourth-order valence-electron chi connectivity index (χ4n) is 3.24. The number of anilines is 1. The van der Waals surface area contributed by atoms with Crippen LogP contribution < -0.4 is 10.9 Å². The molecule has 3 heterocycles. The highest BCUT2D eigenvalue weighted by Gasteiger charge is 2.33. The van der Waals surface area contributed by atoms with Gasteiger partial charge in [0.15, 0.2) is 0 Å². The largest absolute Gasteiger partial charge is 0.322 e. The lowest BCUT2D eigenvalue weighted by Gasteiger charge is -2.25. The Morgan fingerprint density at radius 1 is 1.43 bits per heavy atom. The first-order valence-corrected chi connectivity index (χ1v) is 7.73. The van der Waals surface area contributed by atoms with Crippen LogP contribution >= 0.6 is 0 Å². The molecular weight excluding hydrogens is 294 g/mol. The van der Waals surface area contributed by atoms with Gasteiger partial charge in [0.2, 0.25) is 0 Å². The fraction of sp³-hybridized carbons (Fsp3) is 0.438. The van der Waals surface area contributed by atoms with Crippen LogP contribution in [0, 0.1) is 13.8 Å². The number of H-pyrrole nitrogens is 1. The topological polar surface area (TPSA) is 83.0 Å². The summed E-state index contributed by atoms with van der Waals surface area (Å²) >= 11 is 0. The first-order valence-electron chi connectivity index (χ1n) is 7.73. The molecule has 122 valence electrons. The van der Waals surface area contributed by atoms with Crippen molar-refractivity contribution in [2.75, 3.05) is 11.9 Å². The monoisotopic (exact) mass is 315 g/mol. The number of likely N-dealkylation sites (tertiary alicyclic amines) is 1. The molecule has 0 bridgehead atoms.